The lowest BCUT2D eigenvalue weighted by Gasteiger charge is -2.23. The summed E-state index contributed by atoms with van der Waals surface area (Å²) < 4.78 is 0. The highest BCUT2D eigenvalue weighted by Gasteiger charge is 2.43. The number of aliphatic hydroxyl groups is 1. The van der Waals surface area contributed by atoms with Crippen LogP contribution in [-0.4, -0.2) is 34.6 Å². The Labute approximate surface area is 112 Å². The highest BCUT2D eigenvalue weighted by atomic mass is 16.3. The standard InChI is InChI=1S/C15H29NO2/c1-10(2)12-9-16(8-7-15(5,6)18)14(17)13(12)11(3)4/h10-13,18H,7-9H2,1-6H3. The van der Waals surface area contributed by atoms with Crippen molar-refractivity contribution in [3.05, 3.63) is 0 Å². The highest BCUT2D eigenvalue weighted by Crippen LogP contribution is 2.35. The second-order valence-electron chi connectivity index (χ2n) is 7.02. The molecule has 0 spiro atoms. The number of carbonyl (C=O) groups is 1. The van der Waals surface area contributed by atoms with Gasteiger partial charge in [-0.25, -0.2) is 0 Å². The van der Waals surface area contributed by atoms with E-state index in [1.807, 2.05) is 4.90 Å². The summed E-state index contributed by atoms with van der Waals surface area (Å²) in [5.74, 6) is 1.84. The van der Waals surface area contributed by atoms with E-state index < -0.39 is 5.60 Å². The Bertz CT molecular complexity index is 291. The van der Waals surface area contributed by atoms with Gasteiger partial charge in [0.1, 0.15) is 0 Å². The van der Waals surface area contributed by atoms with Crippen molar-refractivity contribution in [2.45, 2.75) is 53.6 Å². The van der Waals surface area contributed by atoms with Crippen molar-refractivity contribution in [3.63, 3.8) is 0 Å². The van der Waals surface area contributed by atoms with E-state index in [0.717, 1.165) is 6.54 Å². The van der Waals surface area contributed by atoms with E-state index >= 15 is 0 Å². The van der Waals surface area contributed by atoms with Gasteiger partial charge < -0.3 is 10.0 Å². The van der Waals surface area contributed by atoms with Crippen LogP contribution in [0.3, 0.4) is 0 Å². The minimum atomic E-state index is -0.691. The summed E-state index contributed by atoms with van der Waals surface area (Å²) in [7, 11) is 0. The van der Waals surface area contributed by atoms with Crippen molar-refractivity contribution < 1.29 is 9.90 Å². The second kappa shape index (κ2) is 5.60. The largest absolute Gasteiger partial charge is 0.390 e. The van der Waals surface area contributed by atoms with Gasteiger partial charge in [-0.3, -0.25) is 4.79 Å². The molecule has 1 aliphatic rings. The number of likely N-dealkylation sites (tertiary alicyclic amines) is 1. The molecule has 0 aromatic rings. The fourth-order valence-electron chi connectivity index (χ4n) is 2.87. The molecule has 3 heteroatoms. The van der Waals surface area contributed by atoms with Crippen molar-refractivity contribution in [2.24, 2.45) is 23.7 Å². The number of rotatable bonds is 5. The van der Waals surface area contributed by atoms with Gasteiger partial charge in [-0.1, -0.05) is 27.7 Å². The van der Waals surface area contributed by atoms with Crippen LogP contribution < -0.4 is 0 Å². The fourth-order valence-corrected chi connectivity index (χ4v) is 2.87. The van der Waals surface area contributed by atoms with Crippen molar-refractivity contribution in [1.82, 2.24) is 4.90 Å². The molecule has 3 nitrogen and oxygen atoms in total. The van der Waals surface area contributed by atoms with Gasteiger partial charge in [-0.05, 0) is 38.0 Å². The Balaban J connectivity index is 2.71. The van der Waals surface area contributed by atoms with Gasteiger partial charge in [-0.15, -0.1) is 0 Å². The number of nitrogens with zero attached hydrogens (tertiary/aromatic N) is 1. The molecular formula is C15H29NO2. The highest BCUT2D eigenvalue weighted by molar-refractivity contribution is 5.81. The molecule has 106 valence electrons. The number of carbonyl (C=O) groups excluding carboxylic acids is 1. The van der Waals surface area contributed by atoms with Gasteiger partial charge >= 0.3 is 0 Å². The van der Waals surface area contributed by atoms with E-state index in [1.165, 1.54) is 0 Å². The zero-order valence-corrected chi connectivity index (χ0v) is 12.7. The molecular weight excluding hydrogens is 226 g/mol. The van der Waals surface area contributed by atoms with Crippen molar-refractivity contribution in [1.29, 1.82) is 0 Å². The quantitative estimate of drug-likeness (QED) is 0.820. The molecule has 1 saturated heterocycles. The van der Waals surface area contributed by atoms with Crippen molar-refractivity contribution in [3.8, 4) is 0 Å². The molecule has 0 radical (unpaired) electrons. The summed E-state index contributed by atoms with van der Waals surface area (Å²) in [6, 6.07) is 0. The maximum Gasteiger partial charge on any atom is 0.226 e. The van der Waals surface area contributed by atoms with Crippen LogP contribution in [0, 0.1) is 23.7 Å². The Morgan fingerprint density at radius 3 is 2.17 bits per heavy atom. The topological polar surface area (TPSA) is 40.5 Å². The predicted molar refractivity (Wildman–Crippen MR) is 74.2 cm³/mol. The first kappa shape index (κ1) is 15.5. The molecule has 1 amide bonds. The normalized spacial score (nSPS) is 25.6. The van der Waals surface area contributed by atoms with Gasteiger partial charge in [0, 0.05) is 19.0 Å². The zero-order valence-electron chi connectivity index (χ0n) is 12.7. The number of hydrogen-bond acceptors (Lipinski definition) is 2. The average molecular weight is 255 g/mol. The van der Waals surface area contributed by atoms with Gasteiger partial charge in [0.2, 0.25) is 5.91 Å². The Morgan fingerprint density at radius 2 is 1.83 bits per heavy atom. The molecule has 0 aliphatic carbocycles. The van der Waals surface area contributed by atoms with Crippen molar-refractivity contribution >= 4 is 5.91 Å². The Hall–Kier alpha value is -0.570. The van der Waals surface area contributed by atoms with Gasteiger partial charge in [0.15, 0.2) is 0 Å². The summed E-state index contributed by atoms with van der Waals surface area (Å²) in [6.45, 7) is 13.8. The molecule has 0 bridgehead atoms. The predicted octanol–water partition coefficient (Wildman–Crippen LogP) is 2.53. The molecule has 1 rings (SSSR count). The van der Waals surface area contributed by atoms with E-state index in [-0.39, 0.29) is 11.8 Å². The third-order valence-corrected chi connectivity index (χ3v) is 4.06. The van der Waals surface area contributed by atoms with E-state index in [9.17, 15) is 9.90 Å². The summed E-state index contributed by atoms with van der Waals surface area (Å²) in [5, 5.41) is 9.78. The Kier molecular flexibility index (Phi) is 4.82. The van der Waals surface area contributed by atoms with E-state index in [2.05, 4.69) is 27.7 Å². The first-order valence-electron chi connectivity index (χ1n) is 7.14. The molecule has 1 N–H and O–H groups in total. The molecule has 1 fully saturated rings. The SMILES string of the molecule is CC(C)C1CN(CCC(C)(C)O)C(=O)C1C(C)C. The van der Waals surface area contributed by atoms with Crippen LogP contribution in [0.1, 0.15) is 48.0 Å². The molecule has 2 atom stereocenters. The Morgan fingerprint density at radius 1 is 1.28 bits per heavy atom. The molecule has 18 heavy (non-hydrogen) atoms. The van der Waals surface area contributed by atoms with Crippen LogP contribution in [0.15, 0.2) is 0 Å². The number of amides is 1. The molecule has 2 unspecified atom stereocenters. The number of hydrogen-bond donors (Lipinski definition) is 1. The van der Waals surface area contributed by atoms with Crippen LogP contribution in [-0.2, 0) is 4.79 Å². The van der Waals surface area contributed by atoms with E-state index in [1.54, 1.807) is 13.8 Å². The smallest absolute Gasteiger partial charge is 0.226 e. The van der Waals surface area contributed by atoms with E-state index in [0.29, 0.717) is 30.7 Å². The van der Waals surface area contributed by atoms with Crippen LogP contribution in [0.25, 0.3) is 0 Å². The zero-order chi connectivity index (χ0) is 14.1. The van der Waals surface area contributed by atoms with Crippen LogP contribution in [0.4, 0.5) is 0 Å². The lowest BCUT2D eigenvalue weighted by Crippen LogP contribution is -2.34. The lowest BCUT2D eigenvalue weighted by atomic mass is 9.79. The average Bonchev–Trinajstić information content (AvgIpc) is 2.51. The van der Waals surface area contributed by atoms with E-state index in [4.69, 9.17) is 0 Å². The molecule has 0 saturated carbocycles. The minimum absolute atomic E-state index is 0.159. The molecule has 1 heterocycles. The van der Waals surface area contributed by atoms with Crippen LogP contribution in [0.5, 0.6) is 0 Å². The van der Waals surface area contributed by atoms with Gasteiger partial charge in [-0.2, -0.15) is 0 Å². The minimum Gasteiger partial charge on any atom is -0.390 e. The summed E-state index contributed by atoms with van der Waals surface area (Å²) >= 11 is 0. The third-order valence-electron chi connectivity index (χ3n) is 4.06. The second-order valence-corrected chi connectivity index (χ2v) is 7.02. The maximum absolute atomic E-state index is 12.4. The van der Waals surface area contributed by atoms with Crippen LogP contribution in [0.2, 0.25) is 0 Å². The monoisotopic (exact) mass is 255 g/mol. The van der Waals surface area contributed by atoms with Gasteiger partial charge in [0.05, 0.1) is 5.60 Å². The summed E-state index contributed by atoms with van der Waals surface area (Å²) in [4.78, 5) is 14.4. The fraction of sp³-hybridized carbons (Fsp3) is 0.933. The van der Waals surface area contributed by atoms with Gasteiger partial charge in [0.25, 0.3) is 0 Å². The summed E-state index contributed by atoms with van der Waals surface area (Å²) in [5.41, 5.74) is -0.691. The first-order chi connectivity index (χ1) is 8.13. The van der Waals surface area contributed by atoms with Crippen LogP contribution >= 0.6 is 0 Å². The molecule has 0 aromatic carbocycles. The lowest BCUT2D eigenvalue weighted by molar-refractivity contribution is -0.132. The third kappa shape index (κ3) is 3.71. The maximum atomic E-state index is 12.4. The first-order valence-corrected chi connectivity index (χ1v) is 7.14. The van der Waals surface area contributed by atoms with Crippen molar-refractivity contribution in [2.75, 3.05) is 13.1 Å². The molecule has 0 aromatic heterocycles. The molecule has 1 aliphatic heterocycles. The summed E-state index contributed by atoms with van der Waals surface area (Å²) in [6.07, 6.45) is 0.647.